The van der Waals surface area contributed by atoms with E-state index in [-0.39, 0.29) is 5.41 Å². The van der Waals surface area contributed by atoms with E-state index in [4.69, 9.17) is 0 Å². The minimum Gasteiger partial charge on any atom is -0.389 e. The van der Waals surface area contributed by atoms with E-state index in [9.17, 15) is 5.11 Å². The molecular weight excluding hydrogens is 196 g/mol. The van der Waals surface area contributed by atoms with Crippen molar-refractivity contribution in [3.8, 4) is 0 Å². The summed E-state index contributed by atoms with van der Waals surface area (Å²) in [5.41, 5.74) is -0.211. The molecule has 0 aromatic carbocycles. The van der Waals surface area contributed by atoms with Crippen LogP contribution in [0.15, 0.2) is 0 Å². The van der Waals surface area contributed by atoms with Gasteiger partial charge in [-0.25, -0.2) is 0 Å². The first-order valence-corrected chi connectivity index (χ1v) is 6.64. The molecule has 1 heteroatoms. The molecule has 0 saturated heterocycles. The molecule has 0 bridgehead atoms. The Morgan fingerprint density at radius 3 is 1.62 bits per heavy atom. The minimum atomic E-state index is -0.530. The van der Waals surface area contributed by atoms with Crippen LogP contribution >= 0.6 is 0 Å². The molecule has 0 fully saturated rings. The van der Waals surface area contributed by atoms with Crippen molar-refractivity contribution in [2.45, 2.75) is 80.3 Å². The zero-order chi connectivity index (χ0) is 13.2. The van der Waals surface area contributed by atoms with Gasteiger partial charge in [0.25, 0.3) is 0 Å². The highest BCUT2D eigenvalue weighted by Crippen LogP contribution is 2.40. The summed E-state index contributed by atoms with van der Waals surface area (Å²) < 4.78 is 0. The molecule has 0 spiro atoms. The van der Waals surface area contributed by atoms with Crippen molar-refractivity contribution < 1.29 is 5.11 Å². The van der Waals surface area contributed by atoms with Crippen LogP contribution in [0.3, 0.4) is 0 Å². The molecule has 0 aromatic rings. The zero-order valence-corrected chi connectivity index (χ0v) is 12.6. The highest BCUT2D eigenvalue weighted by molar-refractivity contribution is 4.91. The van der Waals surface area contributed by atoms with Gasteiger partial charge in [0, 0.05) is 0 Å². The Bertz CT molecular complexity index is 206. The Hall–Kier alpha value is -0.0400. The Labute approximate surface area is 103 Å². The van der Waals surface area contributed by atoms with Gasteiger partial charge < -0.3 is 5.11 Å². The SMILES string of the molecule is CCC(O)(CC(C)CC(C)(C)C)C(C)(C)C. The average molecular weight is 228 g/mol. The average Bonchev–Trinajstić information content (AvgIpc) is 1.97. The van der Waals surface area contributed by atoms with Gasteiger partial charge in [-0.1, -0.05) is 55.4 Å². The normalized spacial score (nSPS) is 19.3. The van der Waals surface area contributed by atoms with Crippen LogP contribution in [0.5, 0.6) is 0 Å². The van der Waals surface area contributed by atoms with E-state index in [2.05, 4.69) is 55.4 Å². The highest BCUT2D eigenvalue weighted by Gasteiger charge is 2.39. The first kappa shape index (κ1) is 16.0. The zero-order valence-electron chi connectivity index (χ0n) is 12.6. The van der Waals surface area contributed by atoms with Crippen LogP contribution in [0.4, 0.5) is 0 Å². The summed E-state index contributed by atoms with van der Waals surface area (Å²) in [5, 5.41) is 10.7. The van der Waals surface area contributed by atoms with E-state index in [0.29, 0.717) is 11.3 Å². The van der Waals surface area contributed by atoms with Crippen LogP contribution in [-0.2, 0) is 0 Å². The number of rotatable bonds is 4. The summed E-state index contributed by atoms with van der Waals surface area (Å²) in [6.07, 6.45) is 2.92. The second kappa shape index (κ2) is 5.08. The van der Waals surface area contributed by atoms with Gasteiger partial charge in [-0.2, -0.15) is 0 Å². The maximum absolute atomic E-state index is 10.7. The second-order valence-electron chi connectivity index (χ2n) is 7.71. The fourth-order valence-corrected chi connectivity index (χ4v) is 2.67. The lowest BCUT2D eigenvalue weighted by Gasteiger charge is -2.42. The summed E-state index contributed by atoms with van der Waals surface area (Å²) in [6.45, 7) is 17.6. The molecule has 1 nitrogen and oxygen atoms in total. The monoisotopic (exact) mass is 228 g/mol. The van der Waals surface area contributed by atoms with Crippen molar-refractivity contribution in [1.29, 1.82) is 0 Å². The summed E-state index contributed by atoms with van der Waals surface area (Å²) in [4.78, 5) is 0. The van der Waals surface area contributed by atoms with E-state index in [0.717, 1.165) is 12.8 Å². The first-order chi connectivity index (χ1) is 6.91. The Morgan fingerprint density at radius 2 is 1.38 bits per heavy atom. The molecule has 1 N–H and O–H groups in total. The third-order valence-corrected chi connectivity index (χ3v) is 3.63. The Balaban J connectivity index is 4.56. The quantitative estimate of drug-likeness (QED) is 0.743. The Kier molecular flexibility index (Phi) is 5.07. The highest BCUT2D eigenvalue weighted by atomic mass is 16.3. The molecule has 0 amide bonds. The van der Waals surface area contributed by atoms with Crippen molar-refractivity contribution in [3.63, 3.8) is 0 Å². The lowest BCUT2D eigenvalue weighted by Crippen LogP contribution is -2.43. The molecule has 16 heavy (non-hydrogen) atoms. The summed E-state index contributed by atoms with van der Waals surface area (Å²) in [5.74, 6) is 0.573. The largest absolute Gasteiger partial charge is 0.389 e. The molecule has 0 aromatic heterocycles. The van der Waals surface area contributed by atoms with E-state index in [1.54, 1.807) is 0 Å². The van der Waals surface area contributed by atoms with Gasteiger partial charge in [0.1, 0.15) is 0 Å². The van der Waals surface area contributed by atoms with E-state index in [1.165, 1.54) is 6.42 Å². The van der Waals surface area contributed by atoms with Crippen LogP contribution in [0.2, 0.25) is 0 Å². The minimum absolute atomic E-state index is 0.0338. The lowest BCUT2D eigenvalue weighted by atomic mass is 9.68. The number of hydrogen-bond acceptors (Lipinski definition) is 1. The van der Waals surface area contributed by atoms with Crippen molar-refractivity contribution >= 4 is 0 Å². The van der Waals surface area contributed by atoms with E-state index in [1.807, 2.05) is 0 Å². The van der Waals surface area contributed by atoms with Crippen molar-refractivity contribution in [2.24, 2.45) is 16.7 Å². The predicted molar refractivity (Wildman–Crippen MR) is 72.5 cm³/mol. The van der Waals surface area contributed by atoms with Crippen LogP contribution in [0.25, 0.3) is 0 Å². The molecule has 0 rings (SSSR count). The second-order valence-corrected chi connectivity index (χ2v) is 7.71. The van der Waals surface area contributed by atoms with Gasteiger partial charge in [-0.3, -0.25) is 0 Å². The standard InChI is InChI=1S/C15H32O/c1-9-15(16,14(6,7)8)11-12(2)10-13(3,4)5/h12,16H,9-11H2,1-8H3. The maximum atomic E-state index is 10.7. The van der Waals surface area contributed by atoms with Crippen LogP contribution < -0.4 is 0 Å². The fourth-order valence-electron chi connectivity index (χ4n) is 2.67. The fraction of sp³-hybridized carbons (Fsp3) is 1.00. The van der Waals surface area contributed by atoms with Gasteiger partial charge >= 0.3 is 0 Å². The van der Waals surface area contributed by atoms with Crippen LogP contribution in [0.1, 0.15) is 74.7 Å². The molecule has 2 atom stereocenters. The predicted octanol–water partition coefficient (Wildman–Crippen LogP) is 4.64. The van der Waals surface area contributed by atoms with Gasteiger partial charge in [0.05, 0.1) is 5.60 Å². The van der Waals surface area contributed by atoms with Gasteiger partial charge in [0.2, 0.25) is 0 Å². The van der Waals surface area contributed by atoms with Crippen molar-refractivity contribution in [3.05, 3.63) is 0 Å². The lowest BCUT2D eigenvalue weighted by molar-refractivity contribution is -0.0796. The molecule has 2 unspecified atom stereocenters. The van der Waals surface area contributed by atoms with Gasteiger partial charge in [-0.15, -0.1) is 0 Å². The summed E-state index contributed by atoms with van der Waals surface area (Å²) >= 11 is 0. The van der Waals surface area contributed by atoms with Gasteiger partial charge in [-0.05, 0) is 36.0 Å². The molecule has 0 aliphatic rings. The number of hydrogen-bond donors (Lipinski definition) is 1. The molecule has 0 heterocycles. The molecule has 0 saturated carbocycles. The smallest absolute Gasteiger partial charge is 0.0695 e. The van der Waals surface area contributed by atoms with Gasteiger partial charge in [0.15, 0.2) is 0 Å². The third kappa shape index (κ3) is 4.86. The summed E-state index contributed by atoms with van der Waals surface area (Å²) in [6, 6.07) is 0. The van der Waals surface area contributed by atoms with Crippen LogP contribution in [0, 0.1) is 16.7 Å². The van der Waals surface area contributed by atoms with Crippen LogP contribution in [-0.4, -0.2) is 10.7 Å². The molecule has 0 radical (unpaired) electrons. The van der Waals surface area contributed by atoms with Crippen molar-refractivity contribution in [2.75, 3.05) is 0 Å². The third-order valence-electron chi connectivity index (χ3n) is 3.63. The topological polar surface area (TPSA) is 20.2 Å². The van der Waals surface area contributed by atoms with E-state index >= 15 is 0 Å². The summed E-state index contributed by atoms with van der Waals surface area (Å²) in [7, 11) is 0. The number of aliphatic hydroxyl groups is 1. The molecule has 0 aliphatic carbocycles. The molecule has 0 aliphatic heterocycles. The van der Waals surface area contributed by atoms with E-state index < -0.39 is 5.60 Å². The first-order valence-electron chi connectivity index (χ1n) is 6.64. The molecule has 98 valence electrons. The van der Waals surface area contributed by atoms with Crippen molar-refractivity contribution in [1.82, 2.24) is 0 Å². The maximum Gasteiger partial charge on any atom is 0.0695 e. The molecular formula is C15H32O. The Morgan fingerprint density at radius 1 is 0.938 bits per heavy atom.